The van der Waals surface area contributed by atoms with E-state index in [0.717, 1.165) is 88.4 Å². The Bertz CT molecular complexity index is 4060. The molecule has 8 bridgehead atoms. The molecule has 5 heterocycles. The molecular formula is C60H39N5O2S. The van der Waals surface area contributed by atoms with Crippen molar-refractivity contribution in [3.63, 3.8) is 0 Å². The molecule has 2 aliphatic rings. The van der Waals surface area contributed by atoms with E-state index in [4.69, 9.17) is 9.97 Å². The number of hydrogen-bond acceptors (Lipinski definition) is 4. The molecule has 0 amide bonds. The molecule has 0 saturated carbocycles. The second-order valence-electron chi connectivity index (χ2n) is 17.0. The highest BCUT2D eigenvalue weighted by Gasteiger charge is 2.36. The first kappa shape index (κ1) is 39.5. The van der Waals surface area contributed by atoms with Gasteiger partial charge in [-0.15, -0.1) is 0 Å². The van der Waals surface area contributed by atoms with Gasteiger partial charge in [0.2, 0.25) is 0 Å². The van der Waals surface area contributed by atoms with E-state index >= 15 is 8.42 Å². The van der Waals surface area contributed by atoms with Gasteiger partial charge in [-0.1, -0.05) is 194 Å². The molecule has 7 nitrogen and oxygen atoms in total. The highest BCUT2D eigenvalue weighted by molar-refractivity contribution is 7.93. The van der Waals surface area contributed by atoms with Crippen molar-refractivity contribution in [3.8, 4) is 67.3 Å². The van der Waals surface area contributed by atoms with Crippen LogP contribution in [0.5, 0.6) is 0 Å². The largest absolute Gasteiger partial charge is 0.353 e. The number of nitrogens with zero attached hydrogens (tertiary/aromatic N) is 3. The molecule has 0 spiro atoms. The van der Waals surface area contributed by atoms with Crippen LogP contribution in [0, 0.1) is 0 Å². The summed E-state index contributed by atoms with van der Waals surface area (Å²) in [6.07, 6.45) is 0. The number of H-pyrrole nitrogens is 2. The van der Waals surface area contributed by atoms with Gasteiger partial charge in [0.1, 0.15) is 4.90 Å². The van der Waals surface area contributed by atoms with E-state index in [0.29, 0.717) is 33.8 Å². The highest BCUT2D eigenvalue weighted by Crippen LogP contribution is 2.50. The van der Waals surface area contributed by atoms with Gasteiger partial charge in [-0.25, -0.2) is 22.7 Å². The van der Waals surface area contributed by atoms with Gasteiger partial charge >= 0.3 is 0 Å². The van der Waals surface area contributed by atoms with Gasteiger partial charge in [0, 0.05) is 60.4 Å². The predicted molar refractivity (Wildman–Crippen MR) is 278 cm³/mol. The monoisotopic (exact) mass is 893 g/mol. The Morgan fingerprint density at radius 1 is 0.368 bits per heavy atom. The molecule has 0 saturated heterocycles. The zero-order chi connectivity index (χ0) is 45.3. The summed E-state index contributed by atoms with van der Waals surface area (Å²) < 4.78 is 34.4. The van der Waals surface area contributed by atoms with E-state index in [-0.39, 0.29) is 4.90 Å². The summed E-state index contributed by atoms with van der Waals surface area (Å²) in [6, 6.07) is 74.1. The average molecular weight is 894 g/mol. The third-order valence-electron chi connectivity index (χ3n) is 13.1. The van der Waals surface area contributed by atoms with E-state index in [1.807, 2.05) is 133 Å². The van der Waals surface area contributed by atoms with Crippen LogP contribution in [0.3, 0.4) is 0 Å². The van der Waals surface area contributed by atoms with Crippen molar-refractivity contribution < 1.29 is 8.42 Å². The number of anilines is 2. The molecule has 8 heteroatoms. The van der Waals surface area contributed by atoms with Gasteiger partial charge in [-0.05, 0) is 41.5 Å². The third kappa shape index (κ3) is 6.15. The molecule has 0 atom stereocenters. The Labute approximate surface area is 392 Å². The molecular weight excluding hydrogens is 855 g/mol. The van der Waals surface area contributed by atoms with E-state index in [9.17, 15) is 0 Å². The fourth-order valence-electron chi connectivity index (χ4n) is 10.2. The smallest absolute Gasteiger partial charge is 0.272 e. The highest BCUT2D eigenvalue weighted by atomic mass is 32.2. The van der Waals surface area contributed by atoms with Crippen LogP contribution in [0.15, 0.2) is 229 Å². The van der Waals surface area contributed by atoms with Crippen molar-refractivity contribution in [1.29, 1.82) is 0 Å². The minimum absolute atomic E-state index is 0.0424. The van der Waals surface area contributed by atoms with E-state index < -0.39 is 10.0 Å². The van der Waals surface area contributed by atoms with Gasteiger partial charge in [0.05, 0.1) is 50.7 Å². The molecule has 13 rings (SSSR count). The second-order valence-corrected chi connectivity index (χ2v) is 18.7. The lowest BCUT2D eigenvalue weighted by Crippen LogP contribution is -2.27. The standard InChI is InChI=1S/C60H39N5O2S/c66-68(67,65(40-25-9-3-10-26-40)41-27-11-4-12-28-41)60-58-45-32-16-14-30-43(45)51(62-58)37-50-42-29-13-15-31-44(42)54(61-50)52(38-21-5-1-6-22-38)55-46-33-17-18-34-47(46)56(63-55)53(39-23-7-2-8-24-39)57-48-35-19-20-36-49(48)59(60)64-57/h1-37,62-63H. The number of hydrogen-bond donors (Lipinski definition) is 2. The van der Waals surface area contributed by atoms with Gasteiger partial charge in [-0.3, -0.25) is 0 Å². The number of benzene rings is 8. The zero-order valence-corrected chi connectivity index (χ0v) is 37.2. The van der Waals surface area contributed by atoms with E-state index in [1.54, 1.807) is 0 Å². The summed E-state index contributed by atoms with van der Waals surface area (Å²) in [6.45, 7) is 0. The molecule has 68 heavy (non-hydrogen) atoms. The first-order chi connectivity index (χ1) is 33.5. The number of nitrogens with one attached hydrogen (secondary N) is 2. The lowest BCUT2D eigenvalue weighted by molar-refractivity contribution is 0.597. The van der Waals surface area contributed by atoms with E-state index in [1.165, 1.54) is 4.31 Å². The van der Waals surface area contributed by atoms with Crippen molar-refractivity contribution in [3.05, 3.63) is 224 Å². The average Bonchev–Trinajstić information content (AvgIpc) is 4.15. The van der Waals surface area contributed by atoms with Crippen LogP contribution in [0.2, 0.25) is 0 Å². The SMILES string of the molecule is O=S(=O)(c1c2nc(c(-c3ccccc3)c3[nH]c(c(-c4ccccc4)c4nc(cc5[nH]c1c1ccccc51)-c1ccccc1-4)c1ccccc31)-c1ccccc1-2)N(c1ccccc1)c1ccccc1. The van der Waals surface area contributed by atoms with E-state index in [2.05, 4.69) is 101 Å². The van der Waals surface area contributed by atoms with Crippen LogP contribution < -0.4 is 4.31 Å². The number of sulfonamides is 1. The van der Waals surface area contributed by atoms with Gasteiger partial charge < -0.3 is 9.97 Å². The summed E-state index contributed by atoms with van der Waals surface area (Å²) in [5.74, 6) is 0. The summed E-state index contributed by atoms with van der Waals surface area (Å²) in [5.41, 5.74) is 13.7. The Hall–Kier alpha value is -8.85. The summed E-state index contributed by atoms with van der Waals surface area (Å²) in [4.78, 5) is 19.0. The molecule has 0 unspecified atom stereocenters. The second kappa shape index (κ2) is 15.7. The minimum atomic E-state index is -4.54. The normalized spacial score (nSPS) is 11.9. The molecule has 3 aromatic heterocycles. The molecule has 8 aromatic carbocycles. The topological polar surface area (TPSA) is 94.7 Å². The molecule has 322 valence electrons. The number of aromatic amines is 2. The Balaban J connectivity index is 1.32. The molecule has 0 aliphatic carbocycles. The molecule has 0 fully saturated rings. The van der Waals surface area contributed by atoms with Crippen LogP contribution in [0.4, 0.5) is 11.4 Å². The molecule has 2 aliphatic heterocycles. The van der Waals surface area contributed by atoms with Crippen LogP contribution in [0.1, 0.15) is 0 Å². The minimum Gasteiger partial charge on any atom is -0.353 e. The number of aromatic nitrogens is 4. The fraction of sp³-hybridized carbons (Fsp3) is 0. The quantitative estimate of drug-likeness (QED) is 0.174. The number of para-hydroxylation sites is 2. The molecule has 0 radical (unpaired) electrons. The van der Waals surface area contributed by atoms with Gasteiger partial charge in [0.25, 0.3) is 10.0 Å². The Morgan fingerprint density at radius 2 is 0.765 bits per heavy atom. The Kier molecular flexibility index (Phi) is 9.10. The van der Waals surface area contributed by atoms with Crippen molar-refractivity contribution in [1.82, 2.24) is 19.9 Å². The fourth-order valence-corrected chi connectivity index (χ4v) is 12.0. The van der Waals surface area contributed by atoms with Crippen LogP contribution in [0.25, 0.3) is 111 Å². The lowest BCUT2D eigenvalue weighted by Gasteiger charge is -2.25. The lowest BCUT2D eigenvalue weighted by atomic mass is 9.95. The Morgan fingerprint density at radius 3 is 1.29 bits per heavy atom. The van der Waals surface area contributed by atoms with Crippen LogP contribution in [-0.4, -0.2) is 28.4 Å². The third-order valence-corrected chi connectivity index (χ3v) is 14.9. The first-order valence-electron chi connectivity index (χ1n) is 22.6. The number of rotatable bonds is 6. The maximum Gasteiger partial charge on any atom is 0.272 e. The summed E-state index contributed by atoms with van der Waals surface area (Å²) in [7, 11) is -4.54. The maximum atomic E-state index is 16.5. The molecule has 2 N–H and O–H groups in total. The summed E-state index contributed by atoms with van der Waals surface area (Å²) in [5, 5.41) is 3.59. The zero-order valence-electron chi connectivity index (χ0n) is 36.4. The van der Waals surface area contributed by atoms with Crippen LogP contribution in [-0.2, 0) is 10.0 Å². The first-order valence-corrected chi connectivity index (χ1v) is 24.0. The van der Waals surface area contributed by atoms with Crippen molar-refractivity contribution in [2.75, 3.05) is 4.31 Å². The maximum absolute atomic E-state index is 16.5. The molecule has 11 aromatic rings. The van der Waals surface area contributed by atoms with Crippen LogP contribution >= 0.6 is 0 Å². The van der Waals surface area contributed by atoms with Gasteiger partial charge in [0.15, 0.2) is 0 Å². The van der Waals surface area contributed by atoms with Crippen molar-refractivity contribution >= 4 is 65.0 Å². The predicted octanol–water partition coefficient (Wildman–Crippen LogP) is 15.2. The van der Waals surface area contributed by atoms with Gasteiger partial charge in [-0.2, -0.15) is 0 Å². The van der Waals surface area contributed by atoms with Crippen molar-refractivity contribution in [2.45, 2.75) is 4.90 Å². The summed E-state index contributed by atoms with van der Waals surface area (Å²) >= 11 is 0. The number of fused-ring (bicyclic) bond motifs is 20. The van der Waals surface area contributed by atoms with Crippen molar-refractivity contribution in [2.24, 2.45) is 0 Å².